The van der Waals surface area contributed by atoms with Crippen molar-refractivity contribution in [2.24, 2.45) is 0 Å². The van der Waals surface area contributed by atoms with Crippen molar-refractivity contribution in [3.05, 3.63) is 24.1 Å². The number of rotatable bonds is 5. The minimum absolute atomic E-state index is 0.0622. The molecule has 1 aliphatic rings. The second kappa shape index (κ2) is 6.57. The molecule has 120 valence electrons. The summed E-state index contributed by atoms with van der Waals surface area (Å²) in [6.07, 6.45) is 5.24. The Kier molecular flexibility index (Phi) is 4.52. The molecule has 0 aliphatic carbocycles. The van der Waals surface area contributed by atoms with Gasteiger partial charge in [0.25, 0.3) is 5.91 Å². The number of carbonyl (C=O) groups excluding carboxylic acids is 1. The fraction of sp³-hybridized carbons (Fsp3) is 0.588. The number of nitrogens with zero attached hydrogens (tertiary/aromatic N) is 2. The molecule has 2 aromatic rings. The predicted octanol–water partition coefficient (Wildman–Crippen LogP) is 3.29. The Morgan fingerprint density at radius 2 is 2.18 bits per heavy atom. The summed E-state index contributed by atoms with van der Waals surface area (Å²) in [5.74, 6) is 0.0622. The number of aromatic nitrogens is 1. The number of hydrogen-bond donors (Lipinski definition) is 0. The first kappa shape index (κ1) is 15.2. The fourth-order valence-corrected chi connectivity index (χ4v) is 3.18. The van der Waals surface area contributed by atoms with Gasteiger partial charge >= 0.3 is 0 Å². The lowest BCUT2D eigenvalue weighted by molar-refractivity contribution is 0.00622. The molecule has 1 aliphatic heterocycles. The highest BCUT2D eigenvalue weighted by Gasteiger charge is 2.24. The zero-order chi connectivity index (χ0) is 15.5. The van der Waals surface area contributed by atoms with Gasteiger partial charge in [-0.3, -0.25) is 4.79 Å². The Balaban J connectivity index is 1.93. The molecule has 1 saturated heterocycles. The van der Waals surface area contributed by atoms with Gasteiger partial charge in [-0.1, -0.05) is 0 Å². The third-order valence-electron chi connectivity index (χ3n) is 4.45. The van der Waals surface area contributed by atoms with Gasteiger partial charge in [-0.25, -0.2) is 0 Å². The summed E-state index contributed by atoms with van der Waals surface area (Å²) in [4.78, 5) is 14.6. The van der Waals surface area contributed by atoms with Crippen LogP contribution in [0.4, 0.5) is 0 Å². The SMILES string of the molecule is CCN(CC)C(=O)c1cc2occc2n1C[C@H]1CCCCO1. The second-order valence-electron chi connectivity index (χ2n) is 5.78. The van der Waals surface area contributed by atoms with Crippen molar-refractivity contribution in [2.75, 3.05) is 19.7 Å². The van der Waals surface area contributed by atoms with Crippen molar-refractivity contribution in [1.29, 1.82) is 0 Å². The van der Waals surface area contributed by atoms with Crippen LogP contribution < -0.4 is 0 Å². The van der Waals surface area contributed by atoms with Crippen LogP contribution in [0, 0.1) is 0 Å². The first-order valence-corrected chi connectivity index (χ1v) is 8.22. The Bertz CT molecular complexity index is 633. The Hall–Kier alpha value is -1.75. The van der Waals surface area contributed by atoms with E-state index in [9.17, 15) is 4.79 Å². The molecule has 1 atom stereocenters. The molecule has 3 rings (SSSR count). The maximum absolute atomic E-state index is 12.8. The van der Waals surface area contributed by atoms with Gasteiger partial charge in [-0.05, 0) is 33.1 Å². The number of furan rings is 1. The van der Waals surface area contributed by atoms with E-state index in [0.717, 1.165) is 30.5 Å². The van der Waals surface area contributed by atoms with Gasteiger partial charge in [0.2, 0.25) is 0 Å². The van der Waals surface area contributed by atoms with Gasteiger partial charge in [0.05, 0.1) is 17.9 Å². The molecule has 0 unspecified atom stereocenters. The summed E-state index contributed by atoms with van der Waals surface area (Å²) in [5, 5.41) is 0. The van der Waals surface area contributed by atoms with Crippen LogP contribution in [-0.4, -0.2) is 41.2 Å². The summed E-state index contributed by atoms with van der Waals surface area (Å²) in [7, 11) is 0. The lowest BCUT2D eigenvalue weighted by atomic mass is 10.1. The first-order valence-electron chi connectivity index (χ1n) is 8.22. The van der Waals surface area contributed by atoms with E-state index in [1.165, 1.54) is 6.42 Å². The summed E-state index contributed by atoms with van der Waals surface area (Å²) in [5.41, 5.74) is 2.45. The Morgan fingerprint density at radius 1 is 1.36 bits per heavy atom. The average molecular weight is 304 g/mol. The van der Waals surface area contributed by atoms with Gasteiger partial charge in [0.15, 0.2) is 5.58 Å². The summed E-state index contributed by atoms with van der Waals surface area (Å²) < 4.78 is 13.4. The normalized spacial score (nSPS) is 18.7. The lowest BCUT2D eigenvalue weighted by Crippen LogP contribution is -2.33. The molecule has 0 N–H and O–H groups in total. The molecule has 0 spiro atoms. The van der Waals surface area contributed by atoms with Crippen LogP contribution in [0.1, 0.15) is 43.6 Å². The second-order valence-corrected chi connectivity index (χ2v) is 5.78. The Labute approximate surface area is 130 Å². The highest BCUT2D eigenvalue weighted by molar-refractivity contribution is 5.97. The third kappa shape index (κ3) is 2.77. The van der Waals surface area contributed by atoms with E-state index in [0.29, 0.717) is 25.3 Å². The van der Waals surface area contributed by atoms with Crippen molar-refractivity contribution in [1.82, 2.24) is 9.47 Å². The summed E-state index contributed by atoms with van der Waals surface area (Å²) in [6, 6.07) is 3.79. The minimum Gasteiger partial charge on any atom is -0.463 e. The molecule has 3 heterocycles. The van der Waals surface area contributed by atoms with Gasteiger partial charge in [0.1, 0.15) is 5.69 Å². The van der Waals surface area contributed by atoms with Gasteiger partial charge in [0, 0.05) is 38.4 Å². The van der Waals surface area contributed by atoms with Crippen molar-refractivity contribution >= 4 is 17.0 Å². The monoisotopic (exact) mass is 304 g/mol. The number of carbonyl (C=O) groups is 1. The highest BCUT2D eigenvalue weighted by Crippen LogP contribution is 2.25. The van der Waals surface area contributed by atoms with Crippen LogP contribution in [0.3, 0.4) is 0 Å². The lowest BCUT2D eigenvalue weighted by Gasteiger charge is -2.25. The van der Waals surface area contributed by atoms with Crippen LogP contribution in [0.15, 0.2) is 22.8 Å². The van der Waals surface area contributed by atoms with Crippen LogP contribution in [-0.2, 0) is 11.3 Å². The highest BCUT2D eigenvalue weighted by atomic mass is 16.5. The Morgan fingerprint density at radius 3 is 2.86 bits per heavy atom. The molecule has 5 nitrogen and oxygen atoms in total. The first-order chi connectivity index (χ1) is 10.7. The maximum atomic E-state index is 12.8. The van der Waals surface area contributed by atoms with Gasteiger partial charge in [-0.15, -0.1) is 0 Å². The van der Waals surface area contributed by atoms with Crippen LogP contribution in [0.2, 0.25) is 0 Å². The summed E-state index contributed by atoms with van der Waals surface area (Å²) in [6.45, 7) is 6.96. The molecule has 22 heavy (non-hydrogen) atoms. The van der Waals surface area contributed by atoms with E-state index in [4.69, 9.17) is 9.15 Å². The maximum Gasteiger partial charge on any atom is 0.270 e. The number of fused-ring (bicyclic) bond motifs is 1. The molecule has 0 aromatic carbocycles. The van der Waals surface area contributed by atoms with Crippen LogP contribution in [0.5, 0.6) is 0 Å². The summed E-state index contributed by atoms with van der Waals surface area (Å²) >= 11 is 0. The minimum atomic E-state index is 0.0622. The average Bonchev–Trinajstić information content (AvgIpc) is 3.12. The van der Waals surface area contributed by atoms with Crippen molar-refractivity contribution < 1.29 is 13.9 Å². The van der Waals surface area contributed by atoms with Crippen molar-refractivity contribution in [3.8, 4) is 0 Å². The van der Waals surface area contributed by atoms with E-state index >= 15 is 0 Å². The number of amides is 1. The number of hydrogen-bond acceptors (Lipinski definition) is 3. The molecule has 0 bridgehead atoms. The zero-order valence-corrected chi connectivity index (χ0v) is 13.4. The van der Waals surface area contributed by atoms with E-state index in [-0.39, 0.29) is 12.0 Å². The largest absolute Gasteiger partial charge is 0.463 e. The van der Waals surface area contributed by atoms with E-state index < -0.39 is 0 Å². The number of ether oxygens (including phenoxy) is 1. The topological polar surface area (TPSA) is 47.6 Å². The molecular weight excluding hydrogens is 280 g/mol. The predicted molar refractivity (Wildman–Crippen MR) is 85.0 cm³/mol. The van der Waals surface area contributed by atoms with E-state index in [1.807, 2.05) is 30.9 Å². The molecule has 1 amide bonds. The van der Waals surface area contributed by atoms with Crippen LogP contribution >= 0.6 is 0 Å². The smallest absolute Gasteiger partial charge is 0.270 e. The molecule has 0 radical (unpaired) electrons. The van der Waals surface area contributed by atoms with Crippen molar-refractivity contribution in [2.45, 2.75) is 45.8 Å². The van der Waals surface area contributed by atoms with E-state index in [2.05, 4.69) is 4.57 Å². The molecule has 2 aromatic heterocycles. The molecule has 5 heteroatoms. The van der Waals surface area contributed by atoms with Crippen LogP contribution in [0.25, 0.3) is 11.1 Å². The quantitative estimate of drug-likeness (QED) is 0.851. The zero-order valence-electron chi connectivity index (χ0n) is 13.4. The molecule has 1 fully saturated rings. The molecule has 0 saturated carbocycles. The third-order valence-corrected chi connectivity index (χ3v) is 4.45. The standard InChI is InChI=1S/C17H24N2O3/c1-3-18(4-2)17(20)15-11-16-14(8-10-22-16)19(15)12-13-7-5-6-9-21-13/h8,10-11,13H,3-7,9,12H2,1-2H3/t13-/m1/s1. The van der Waals surface area contributed by atoms with Crippen molar-refractivity contribution in [3.63, 3.8) is 0 Å². The van der Waals surface area contributed by atoms with Gasteiger partial charge < -0.3 is 18.6 Å². The molecular formula is C17H24N2O3. The van der Waals surface area contributed by atoms with Gasteiger partial charge in [-0.2, -0.15) is 0 Å². The fourth-order valence-electron chi connectivity index (χ4n) is 3.18. The van der Waals surface area contributed by atoms with E-state index in [1.54, 1.807) is 6.26 Å².